The van der Waals surface area contributed by atoms with Crippen molar-refractivity contribution in [1.82, 2.24) is 10.2 Å². The molecule has 166 valence electrons. The molecular formula is C25H28N4O2S. The highest BCUT2D eigenvalue weighted by Gasteiger charge is 2.44. The van der Waals surface area contributed by atoms with E-state index in [2.05, 4.69) is 22.4 Å². The standard InChI is InChI=1S/C25H28N4O2S/c1-4-20(23(30)26-15-14-17-10-6-5-7-11-17)32-25-27-19-13-9-8-12-18(19)22-28-24(31)21(16(2)3)29(22)25/h5-13,16,20-21H,4,14-15H2,1-3H3,(H,26,30). The summed E-state index contributed by atoms with van der Waals surface area (Å²) in [6.07, 6.45) is 1.44. The van der Waals surface area contributed by atoms with Gasteiger partial charge in [0.2, 0.25) is 5.91 Å². The number of amidine groups is 2. The smallest absolute Gasteiger partial charge is 0.271 e. The Morgan fingerprint density at radius 2 is 1.81 bits per heavy atom. The van der Waals surface area contributed by atoms with Crippen molar-refractivity contribution in [3.05, 3.63) is 65.7 Å². The van der Waals surface area contributed by atoms with Gasteiger partial charge in [-0.05, 0) is 36.5 Å². The maximum Gasteiger partial charge on any atom is 0.271 e. The van der Waals surface area contributed by atoms with Gasteiger partial charge < -0.3 is 5.32 Å². The highest BCUT2D eigenvalue weighted by molar-refractivity contribution is 8.15. The maximum atomic E-state index is 13.0. The molecule has 2 unspecified atom stereocenters. The number of carbonyl (C=O) groups excluding carboxylic acids is 2. The Kier molecular flexibility index (Phi) is 6.74. The quantitative estimate of drug-likeness (QED) is 0.690. The SMILES string of the molecule is CCC(SC1=Nc2ccccc2C2=NC(=O)C(C(C)C)N12)C(=O)NCCc1ccccc1. The minimum atomic E-state index is -0.400. The van der Waals surface area contributed by atoms with Crippen LogP contribution in [0.15, 0.2) is 64.6 Å². The lowest BCUT2D eigenvalue weighted by Gasteiger charge is -2.33. The molecule has 2 aromatic rings. The van der Waals surface area contributed by atoms with Crippen molar-refractivity contribution < 1.29 is 9.59 Å². The molecular weight excluding hydrogens is 420 g/mol. The number of thioether (sulfide) groups is 1. The first kappa shape index (κ1) is 22.3. The molecule has 2 aliphatic rings. The minimum absolute atomic E-state index is 0.0138. The molecule has 2 amide bonds. The number of fused-ring (bicyclic) bond motifs is 3. The van der Waals surface area contributed by atoms with Crippen LogP contribution in [0.2, 0.25) is 0 Å². The molecule has 0 fully saturated rings. The van der Waals surface area contributed by atoms with E-state index in [1.54, 1.807) is 0 Å². The van der Waals surface area contributed by atoms with Crippen LogP contribution in [-0.2, 0) is 16.0 Å². The summed E-state index contributed by atoms with van der Waals surface area (Å²) in [7, 11) is 0. The zero-order valence-corrected chi connectivity index (χ0v) is 19.4. The normalized spacial score (nSPS) is 18.1. The number of hydrogen-bond acceptors (Lipinski definition) is 5. The highest BCUT2D eigenvalue weighted by atomic mass is 32.2. The number of rotatable bonds is 7. The molecule has 32 heavy (non-hydrogen) atoms. The predicted octanol–water partition coefficient (Wildman–Crippen LogP) is 4.17. The lowest BCUT2D eigenvalue weighted by Crippen LogP contribution is -2.47. The Morgan fingerprint density at radius 3 is 2.53 bits per heavy atom. The number of benzene rings is 2. The number of nitrogens with zero attached hydrogens (tertiary/aromatic N) is 3. The van der Waals surface area contributed by atoms with Gasteiger partial charge in [0.05, 0.1) is 10.9 Å². The van der Waals surface area contributed by atoms with Gasteiger partial charge >= 0.3 is 0 Å². The van der Waals surface area contributed by atoms with Crippen molar-refractivity contribution in [2.24, 2.45) is 15.9 Å². The fourth-order valence-corrected chi connectivity index (χ4v) is 5.06. The van der Waals surface area contributed by atoms with E-state index in [4.69, 9.17) is 4.99 Å². The molecule has 0 aromatic heterocycles. The summed E-state index contributed by atoms with van der Waals surface area (Å²) in [6.45, 7) is 6.60. The molecule has 4 rings (SSSR count). The molecule has 0 spiro atoms. The molecule has 0 saturated heterocycles. The Hall–Kier alpha value is -2.93. The summed E-state index contributed by atoms with van der Waals surface area (Å²) in [4.78, 5) is 36.8. The lowest BCUT2D eigenvalue weighted by atomic mass is 10.0. The molecule has 0 saturated carbocycles. The van der Waals surface area contributed by atoms with Crippen LogP contribution < -0.4 is 5.32 Å². The van der Waals surface area contributed by atoms with Gasteiger partial charge in [-0.15, -0.1) is 0 Å². The van der Waals surface area contributed by atoms with Crippen LogP contribution in [0.25, 0.3) is 0 Å². The van der Waals surface area contributed by atoms with Gasteiger partial charge in [-0.2, -0.15) is 4.99 Å². The van der Waals surface area contributed by atoms with E-state index < -0.39 is 6.04 Å². The predicted molar refractivity (Wildman–Crippen MR) is 130 cm³/mol. The molecule has 1 N–H and O–H groups in total. The number of para-hydroxylation sites is 1. The van der Waals surface area contributed by atoms with Crippen LogP contribution in [0.1, 0.15) is 38.3 Å². The first-order valence-corrected chi connectivity index (χ1v) is 12.0. The third-order valence-electron chi connectivity index (χ3n) is 5.64. The van der Waals surface area contributed by atoms with Crippen LogP contribution in [-0.4, -0.2) is 45.6 Å². The Labute approximate surface area is 193 Å². The molecule has 0 bridgehead atoms. The van der Waals surface area contributed by atoms with E-state index in [-0.39, 0.29) is 23.0 Å². The number of hydrogen-bond donors (Lipinski definition) is 1. The summed E-state index contributed by atoms with van der Waals surface area (Å²) in [5.74, 6) is 0.543. The number of carbonyl (C=O) groups is 2. The van der Waals surface area contributed by atoms with E-state index >= 15 is 0 Å². The highest BCUT2D eigenvalue weighted by Crippen LogP contribution is 2.37. The van der Waals surface area contributed by atoms with Crippen molar-refractivity contribution in [2.75, 3.05) is 6.54 Å². The second-order valence-corrected chi connectivity index (χ2v) is 9.46. The van der Waals surface area contributed by atoms with Crippen molar-refractivity contribution in [1.29, 1.82) is 0 Å². The third-order valence-corrected chi connectivity index (χ3v) is 6.97. The molecule has 7 heteroatoms. The first-order valence-electron chi connectivity index (χ1n) is 11.1. The van der Waals surface area contributed by atoms with Gasteiger partial charge in [0.25, 0.3) is 5.91 Å². The van der Waals surface area contributed by atoms with Crippen molar-refractivity contribution in [2.45, 2.75) is 44.9 Å². The molecule has 2 atom stereocenters. The Morgan fingerprint density at radius 1 is 1.09 bits per heavy atom. The molecule has 2 aromatic carbocycles. The Bertz CT molecular complexity index is 1060. The van der Waals surface area contributed by atoms with Gasteiger partial charge in [-0.25, -0.2) is 4.99 Å². The number of amides is 2. The van der Waals surface area contributed by atoms with Crippen molar-refractivity contribution in [3.8, 4) is 0 Å². The monoisotopic (exact) mass is 448 g/mol. The molecule has 0 radical (unpaired) electrons. The summed E-state index contributed by atoms with van der Waals surface area (Å²) in [5, 5.41) is 3.42. The summed E-state index contributed by atoms with van der Waals surface area (Å²) >= 11 is 1.41. The van der Waals surface area contributed by atoms with Crippen LogP contribution in [0.4, 0.5) is 5.69 Å². The molecule has 2 aliphatic heterocycles. The van der Waals surface area contributed by atoms with Gasteiger partial charge in [0.15, 0.2) is 5.17 Å². The lowest BCUT2D eigenvalue weighted by molar-refractivity contribution is -0.121. The second-order valence-electron chi connectivity index (χ2n) is 8.29. The first-order chi connectivity index (χ1) is 15.5. The fraction of sp³-hybridized carbons (Fsp3) is 0.360. The van der Waals surface area contributed by atoms with Gasteiger partial charge in [-0.1, -0.05) is 75.0 Å². The molecule has 2 heterocycles. The van der Waals surface area contributed by atoms with E-state index in [0.717, 1.165) is 17.7 Å². The van der Waals surface area contributed by atoms with Gasteiger partial charge in [-0.3, -0.25) is 14.5 Å². The maximum absolute atomic E-state index is 13.0. The average molecular weight is 449 g/mol. The third kappa shape index (κ3) is 4.48. The van der Waals surface area contributed by atoms with Gasteiger partial charge in [0, 0.05) is 12.1 Å². The number of aliphatic imine (C=N–C) groups is 2. The van der Waals surface area contributed by atoms with Crippen LogP contribution in [0, 0.1) is 5.92 Å². The summed E-state index contributed by atoms with van der Waals surface area (Å²) < 4.78 is 0. The van der Waals surface area contributed by atoms with Gasteiger partial charge in [0.1, 0.15) is 11.9 Å². The van der Waals surface area contributed by atoms with Crippen LogP contribution in [0.5, 0.6) is 0 Å². The van der Waals surface area contributed by atoms with Crippen molar-refractivity contribution in [3.63, 3.8) is 0 Å². The molecule has 6 nitrogen and oxygen atoms in total. The average Bonchev–Trinajstić information content (AvgIpc) is 3.15. The van der Waals surface area contributed by atoms with E-state index in [1.165, 1.54) is 17.3 Å². The zero-order valence-electron chi connectivity index (χ0n) is 18.6. The number of nitrogens with one attached hydrogen (secondary N) is 1. The van der Waals surface area contributed by atoms with Crippen LogP contribution >= 0.6 is 11.8 Å². The van der Waals surface area contributed by atoms with Crippen LogP contribution in [0.3, 0.4) is 0 Å². The van der Waals surface area contributed by atoms with E-state index in [1.807, 2.05) is 68.1 Å². The van der Waals surface area contributed by atoms with Crippen molar-refractivity contribution >= 4 is 40.3 Å². The fourth-order valence-electron chi connectivity index (χ4n) is 3.99. The minimum Gasteiger partial charge on any atom is -0.355 e. The summed E-state index contributed by atoms with van der Waals surface area (Å²) in [6, 6.07) is 17.4. The van der Waals surface area contributed by atoms with E-state index in [0.29, 0.717) is 24.0 Å². The van der Waals surface area contributed by atoms with E-state index in [9.17, 15) is 9.59 Å². The summed E-state index contributed by atoms with van der Waals surface area (Å²) in [5.41, 5.74) is 2.83. The topological polar surface area (TPSA) is 74.1 Å². The molecule has 0 aliphatic carbocycles. The Balaban J connectivity index is 1.53. The second kappa shape index (κ2) is 9.69. The zero-order chi connectivity index (χ0) is 22.7. The largest absolute Gasteiger partial charge is 0.355 e.